The molecule has 0 aliphatic carbocycles. The molecule has 0 N–H and O–H groups in total. The second kappa shape index (κ2) is 13.0. The summed E-state index contributed by atoms with van der Waals surface area (Å²) in [5.74, 6) is 3.16. The van der Waals surface area contributed by atoms with E-state index >= 15 is 0 Å². The Labute approximate surface area is 263 Å². The van der Waals surface area contributed by atoms with Gasteiger partial charge in [-0.2, -0.15) is 0 Å². The molecule has 4 aromatic carbocycles. The summed E-state index contributed by atoms with van der Waals surface area (Å²) in [5.41, 5.74) is 2.81. The first-order valence-electron chi connectivity index (χ1n) is 14.1. The standard InChI is InChI=1S/C34H36N2O8S/c1-21-8-13-25(14-9-21)45(37,38)36-33(23-11-16-27(40-3)30(19-23)43-6)32(22-10-15-26(39-2)29(18-22)42-5)35-34(36)24-12-17-28(41-4)31(20-24)44-7/h8-20,32-33H,1-7H3. The van der Waals surface area contributed by atoms with Crippen LogP contribution in [-0.4, -0.2) is 61.2 Å². The van der Waals surface area contributed by atoms with Gasteiger partial charge < -0.3 is 28.4 Å². The van der Waals surface area contributed by atoms with E-state index in [1.807, 2.05) is 25.1 Å². The number of hydrogen-bond donors (Lipinski definition) is 0. The van der Waals surface area contributed by atoms with Crippen LogP contribution in [0.4, 0.5) is 0 Å². The summed E-state index contributed by atoms with van der Waals surface area (Å²) < 4.78 is 64.1. The van der Waals surface area contributed by atoms with Crippen LogP contribution in [0.2, 0.25) is 0 Å². The molecule has 11 heteroatoms. The lowest BCUT2D eigenvalue weighted by Gasteiger charge is -2.31. The molecule has 0 amide bonds. The lowest BCUT2D eigenvalue weighted by molar-refractivity contribution is 0.350. The van der Waals surface area contributed by atoms with Crippen LogP contribution in [0.3, 0.4) is 0 Å². The molecule has 0 saturated carbocycles. The van der Waals surface area contributed by atoms with Crippen molar-refractivity contribution in [3.63, 3.8) is 0 Å². The van der Waals surface area contributed by atoms with Gasteiger partial charge in [0.1, 0.15) is 11.9 Å². The minimum atomic E-state index is -4.19. The molecular formula is C34H36N2O8S. The average Bonchev–Trinajstić information content (AvgIpc) is 3.49. The average molecular weight is 633 g/mol. The molecule has 1 aliphatic heterocycles. The van der Waals surface area contributed by atoms with Gasteiger partial charge in [-0.15, -0.1) is 0 Å². The smallest absolute Gasteiger partial charge is 0.266 e. The number of sulfonamides is 1. The Hall–Kier alpha value is -4.90. The van der Waals surface area contributed by atoms with Crippen LogP contribution in [0, 0.1) is 6.92 Å². The number of rotatable bonds is 11. The van der Waals surface area contributed by atoms with Gasteiger partial charge in [-0.3, -0.25) is 4.99 Å². The van der Waals surface area contributed by atoms with Gasteiger partial charge in [0.25, 0.3) is 10.0 Å². The van der Waals surface area contributed by atoms with Crippen molar-refractivity contribution in [1.82, 2.24) is 4.31 Å². The number of ether oxygens (including phenoxy) is 6. The van der Waals surface area contributed by atoms with Crippen molar-refractivity contribution in [2.75, 3.05) is 42.7 Å². The zero-order valence-corrected chi connectivity index (χ0v) is 27.0. The van der Waals surface area contributed by atoms with Gasteiger partial charge >= 0.3 is 0 Å². The van der Waals surface area contributed by atoms with E-state index in [0.29, 0.717) is 51.2 Å². The van der Waals surface area contributed by atoms with Crippen molar-refractivity contribution in [1.29, 1.82) is 0 Å². The summed E-state index contributed by atoms with van der Waals surface area (Å²) in [5, 5.41) is 0. The number of amidine groups is 1. The summed E-state index contributed by atoms with van der Waals surface area (Å²) in [6.07, 6.45) is 0. The molecule has 0 bridgehead atoms. The van der Waals surface area contributed by atoms with Gasteiger partial charge in [0.15, 0.2) is 34.5 Å². The van der Waals surface area contributed by atoms with E-state index in [2.05, 4.69) is 0 Å². The zero-order valence-electron chi connectivity index (χ0n) is 26.2. The number of benzene rings is 4. The molecule has 2 unspecified atom stereocenters. The summed E-state index contributed by atoms with van der Waals surface area (Å²) >= 11 is 0. The van der Waals surface area contributed by atoms with Gasteiger partial charge in [-0.1, -0.05) is 29.8 Å². The van der Waals surface area contributed by atoms with E-state index in [4.69, 9.17) is 33.4 Å². The Morgan fingerprint density at radius 1 is 0.578 bits per heavy atom. The molecule has 45 heavy (non-hydrogen) atoms. The van der Waals surface area contributed by atoms with Crippen LogP contribution in [0.15, 0.2) is 88.8 Å². The third-order valence-corrected chi connectivity index (χ3v) is 9.53. The summed E-state index contributed by atoms with van der Waals surface area (Å²) in [4.78, 5) is 5.26. The largest absolute Gasteiger partial charge is 0.493 e. The number of aliphatic imine (C=N–C) groups is 1. The lowest BCUT2D eigenvalue weighted by Crippen LogP contribution is -2.37. The molecule has 0 radical (unpaired) electrons. The fourth-order valence-corrected chi connectivity index (χ4v) is 7.05. The second-order valence-electron chi connectivity index (χ2n) is 10.3. The van der Waals surface area contributed by atoms with Crippen molar-refractivity contribution in [2.24, 2.45) is 4.99 Å². The number of aryl methyl sites for hydroxylation is 1. The Balaban J connectivity index is 1.82. The first kappa shape index (κ1) is 31.5. The third kappa shape index (κ3) is 5.83. The molecular weight excluding hydrogens is 596 g/mol. The highest BCUT2D eigenvalue weighted by atomic mass is 32.2. The van der Waals surface area contributed by atoms with E-state index in [1.54, 1.807) is 89.1 Å². The minimum Gasteiger partial charge on any atom is -0.493 e. The van der Waals surface area contributed by atoms with Crippen LogP contribution >= 0.6 is 0 Å². The highest BCUT2D eigenvalue weighted by Crippen LogP contribution is 2.49. The van der Waals surface area contributed by atoms with E-state index in [1.165, 1.54) is 18.5 Å². The van der Waals surface area contributed by atoms with Crippen molar-refractivity contribution in [3.8, 4) is 34.5 Å². The minimum absolute atomic E-state index is 0.125. The molecule has 0 spiro atoms. The second-order valence-corrected chi connectivity index (χ2v) is 12.1. The maximum Gasteiger partial charge on any atom is 0.266 e. The van der Waals surface area contributed by atoms with Crippen molar-refractivity contribution >= 4 is 15.9 Å². The van der Waals surface area contributed by atoms with E-state index in [0.717, 1.165) is 5.56 Å². The van der Waals surface area contributed by atoms with Gasteiger partial charge in [-0.25, -0.2) is 12.7 Å². The zero-order chi connectivity index (χ0) is 32.3. The Morgan fingerprint density at radius 3 is 1.58 bits per heavy atom. The monoisotopic (exact) mass is 632 g/mol. The quantitative estimate of drug-likeness (QED) is 0.199. The van der Waals surface area contributed by atoms with Crippen molar-refractivity contribution < 1.29 is 36.8 Å². The Kier molecular flexibility index (Phi) is 9.10. The molecule has 10 nitrogen and oxygen atoms in total. The van der Waals surface area contributed by atoms with Crippen LogP contribution in [-0.2, 0) is 10.0 Å². The lowest BCUT2D eigenvalue weighted by atomic mass is 9.94. The van der Waals surface area contributed by atoms with Gasteiger partial charge in [0, 0.05) is 5.56 Å². The van der Waals surface area contributed by atoms with Crippen LogP contribution in [0.5, 0.6) is 34.5 Å². The normalized spacial score (nSPS) is 16.2. The molecule has 1 aliphatic rings. The summed E-state index contributed by atoms with van der Waals surface area (Å²) in [7, 11) is 5.07. The summed E-state index contributed by atoms with van der Waals surface area (Å²) in [6.45, 7) is 1.91. The first-order valence-corrected chi connectivity index (χ1v) is 15.5. The third-order valence-electron chi connectivity index (χ3n) is 7.74. The van der Waals surface area contributed by atoms with Crippen LogP contribution in [0.1, 0.15) is 34.3 Å². The van der Waals surface area contributed by atoms with Gasteiger partial charge in [-0.05, 0) is 72.6 Å². The maximum atomic E-state index is 14.8. The highest BCUT2D eigenvalue weighted by molar-refractivity contribution is 7.89. The summed E-state index contributed by atoms with van der Waals surface area (Å²) in [6, 6.07) is 21.2. The number of nitrogens with zero attached hydrogens (tertiary/aromatic N) is 2. The predicted octanol–water partition coefficient (Wildman–Crippen LogP) is 5.98. The van der Waals surface area contributed by atoms with Crippen LogP contribution < -0.4 is 28.4 Å². The molecule has 236 valence electrons. The molecule has 5 rings (SSSR count). The van der Waals surface area contributed by atoms with E-state index in [-0.39, 0.29) is 10.7 Å². The maximum absolute atomic E-state index is 14.8. The molecule has 0 fully saturated rings. The Bertz CT molecular complexity index is 1820. The molecule has 4 aromatic rings. The van der Waals surface area contributed by atoms with Gasteiger partial charge in [0.2, 0.25) is 0 Å². The Morgan fingerprint density at radius 2 is 1.04 bits per heavy atom. The van der Waals surface area contributed by atoms with Gasteiger partial charge in [0.05, 0.1) is 53.6 Å². The van der Waals surface area contributed by atoms with E-state index in [9.17, 15) is 8.42 Å². The molecule has 0 aromatic heterocycles. The molecule has 1 heterocycles. The number of methoxy groups -OCH3 is 6. The van der Waals surface area contributed by atoms with Crippen molar-refractivity contribution in [2.45, 2.75) is 23.9 Å². The first-order chi connectivity index (χ1) is 21.7. The van der Waals surface area contributed by atoms with E-state index < -0.39 is 22.1 Å². The fraction of sp³-hybridized carbons (Fsp3) is 0.265. The van der Waals surface area contributed by atoms with Crippen LogP contribution in [0.25, 0.3) is 0 Å². The van der Waals surface area contributed by atoms with Crippen molar-refractivity contribution in [3.05, 3.63) is 101 Å². The predicted molar refractivity (Wildman–Crippen MR) is 171 cm³/mol. The fourth-order valence-electron chi connectivity index (χ4n) is 5.43. The highest BCUT2D eigenvalue weighted by Gasteiger charge is 2.46. The SMILES string of the molecule is COc1ccc(C2=NC(c3ccc(OC)c(OC)c3)C(c3ccc(OC)c(OC)c3)N2S(=O)(=O)c2ccc(C)cc2)cc1OC. The topological polar surface area (TPSA) is 105 Å². The molecule has 0 saturated heterocycles. The molecule has 2 atom stereocenters. The number of hydrogen-bond acceptors (Lipinski definition) is 9.